The van der Waals surface area contributed by atoms with Gasteiger partial charge in [-0.15, -0.1) is 0 Å². The van der Waals surface area contributed by atoms with Gasteiger partial charge in [-0.1, -0.05) is 18.2 Å². The molecule has 70 valence electrons. The van der Waals surface area contributed by atoms with E-state index in [0.717, 1.165) is 5.69 Å². The van der Waals surface area contributed by atoms with Gasteiger partial charge in [0.05, 0.1) is 0 Å². The molecule has 0 saturated carbocycles. The van der Waals surface area contributed by atoms with Crippen molar-refractivity contribution in [2.24, 2.45) is 5.73 Å². The fourth-order valence-electron chi connectivity index (χ4n) is 1.09. The summed E-state index contributed by atoms with van der Waals surface area (Å²) in [7, 11) is 1.76. The highest BCUT2D eigenvalue weighted by Gasteiger charge is 2.08. The van der Waals surface area contributed by atoms with Crippen LogP contribution in [0.15, 0.2) is 30.3 Å². The zero-order chi connectivity index (χ0) is 9.68. The summed E-state index contributed by atoms with van der Waals surface area (Å²) in [5.41, 5.74) is 6.20. The van der Waals surface area contributed by atoms with E-state index >= 15 is 0 Å². The third-order valence-electron chi connectivity index (χ3n) is 1.88. The number of carbonyl (C=O) groups is 1. The van der Waals surface area contributed by atoms with Crippen LogP contribution < -0.4 is 10.6 Å². The van der Waals surface area contributed by atoms with Crippen molar-refractivity contribution in [2.75, 3.05) is 18.5 Å². The van der Waals surface area contributed by atoms with Crippen LogP contribution in [0.2, 0.25) is 0 Å². The first-order valence-corrected chi connectivity index (χ1v) is 4.27. The Balaban J connectivity index is 2.68. The summed E-state index contributed by atoms with van der Waals surface area (Å²) in [5, 5.41) is 0. The largest absolute Gasteiger partial charge is 0.330 e. The minimum atomic E-state index is 0.0497. The van der Waals surface area contributed by atoms with Crippen molar-refractivity contribution in [3.63, 3.8) is 0 Å². The van der Waals surface area contributed by atoms with E-state index in [4.69, 9.17) is 5.73 Å². The minimum absolute atomic E-state index is 0.0497. The Hall–Kier alpha value is -1.35. The van der Waals surface area contributed by atoms with E-state index < -0.39 is 0 Å². The molecule has 0 fully saturated rings. The fraction of sp³-hybridized carbons (Fsp3) is 0.300. The molecule has 0 aliphatic heterocycles. The van der Waals surface area contributed by atoms with Crippen LogP contribution in [0.25, 0.3) is 0 Å². The van der Waals surface area contributed by atoms with Crippen LogP contribution in [-0.4, -0.2) is 19.5 Å². The van der Waals surface area contributed by atoms with E-state index in [0.29, 0.717) is 13.0 Å². The molecule has 1 amide bonds. The van der Waals surface area contributed by atoms with Crippen LogP contribution in [0.4, 0.5) is 5.69 Å². The summed E-state index contributed by atoms with van der Waals surface area (Å²) in [6.45, 7) is 0.399. The number of anilines is 1. The van der Waals surface area contributed by atoms with Crippen LogP contribution in [-0.2, 0) is 4.79 Å². The second-order valence-electron chi connectivity index (χ2n) is 2.83. The number of carbonyl (C=O) groups excluding carboxylic acids is 1. The van der Waals surface area contributed by atoms with Crippen molar-refractivity contribution >= 4 is 11.6 Å². The van der Waals surface area contributed by atoms with E-state index in [1.54, 1.807) is 11.9 Å². The van der Waals surface area contributed by atoms with E-state index in [1.165, 1.54) is 0 Å². The Morgan fingerprint density at radius 1 is 1.38 bits per heavy atom. The van der Waals surface area contributed by atoms with Crippen molar-refractivity contribution < 1.29 is 4.79 Å². The third-order valence-corrected chi connectivity index (χ3v) is 1.88. The van der Waals surface area contributed by atoms with Gasteiger partial charge in [0.2, 0.25) is 5.91 Å². The van der Waals surface area contributed by atoms with Gasteiger partial charge in [0.15, 0.2) is 0 Å². The lowest BCUT2D eigenvalue weighted by atomic mass is 10.3. The molecule has 0 aromatic heterocycles. The minimum Gasteiger partial charge on any atom is -0.330 e. The van der Waals surface area contributed by atoms with Gasteiger partial charge in [-0.05, 0) is 12.1 Å². The van der Waals surface area contributed by atoms with Crippen molar-refractivity contribution in [2.45, 2.75) is 6.42 Å². The lowest BCUT2D eigenvalue weighted by Crippen LogP contribution is -2.27. The summed E-state index contributed by atoms with van der Waals surface area (Å²) in [6, 6.07) is 9.52. The number of hydrogen-bond acceptors (Lipinski definition) is 2. The summed E-state index contributed by atoms with van der Waals surface area (Å²) in [4.78, 5) is 13.0. The molecule has 1 aromatic carbocycles. The molecular weight excluding hydrogens is 164 g/mol. The van der Waals surface area contributed by atoms with E-state index in [1.807, 2.05) is 30.3 Å². The quantitative estimate of drug-likeness (QED) is 0.750. The summed E-state index contributed by atoms with van der Waals surface area (Å²) in [6.07, 6.45) is 0.394. The molecular formula is C10H14N2O. The number of para-hydroxylation sites is 1. The Morgan fingerprint density at radius 2 is 2.00 bits per heavy atom. The maximum atomic E-state index is 11.4. The molecule has 0 atom stereocenters. The molecule has 0 spiro atoms. The van der Waals surface area contributed by atoms with Gasteiger partial charge in [-0.2, -0.15) is 0 Å². The van der Waals surface area contributed by atoms with Gasteiger partial charge in [0.1, 0.15) is 0 Å². The third kappa shape index (κ3) is 2.56. The maximum absolute atomic E-state index is 11.4. The zero-order valence-electron chi connectivity index (χ0n) is 7.73. The molecule has 2 N–H and O–H groups in total. The van der Waals surface area contributed by atoms with Gasteiger partial charge >= 0.3 is 0 Å². The number of amides is 1. The normalized spacial score (nSPS) is 9.69. The first-order valence-electron chi connectivity index (χ1n) is 4.27. The summed E-state index contributed by atoms with van der Waals surface area (Å²) < 4.78 is 0. The summed E-state index contributed by atoms with van der Waals surface area (Å²) in [5.74, 6) is 0.0497. The smallest absolute Gasteiger partial charge is 0.227 e. The predicted molar refractivity (Wildman–Crippen MR) is 53.5 cm³/mol. The molecule has 1 rings (SSSR count). The number of nitrogens with zero attached hydrogens (tertiary/aromatic N) is 1. The molecule has 0 heterocycles. The topological polar surface area (TPSA) is 46.3 Å². The van der Waals surface area contributed by atoms with E-state index in [2.05, 4.69) is 0 Å². The molecule has 0 unspecified atom stereocenters. The summed E-state index contributed by atoms with van der Waals surface area (Å²) >= 11 is 0. The standard InChI is InChI=1S/C10H14N2O/c1-12(10(13)7-8-11)9-5-3-2-4-6-9/h2-6H,7-8,11H2,1H3. The molecule has 3 heteroatoms. The second-order valence-corrected chi connectivity index (χ2v) is 2.83. The van der Waals surface area contributed by atoms with E-state index in [-0.39, 0.29) is 5.91 Å². The Bertz CT molecular complexity index is 272. The second kappa shape index (κ2) is 4.62. The molecule has 0 aliphatic carbocycles. The van der Waals surface area contributed by atoms with Gasteiger partial charge in [0.25, 0.3) is 0 Å². The highest BCUT2D eigenvalue weighted by Crippen LogP contribution is 2.11. The average molecular weight is 178 g/mol. The molecule has 0 bridgehead atoms. The number of hydrogen-bond donors (Lipinski definition) is 1. The Kier molecular flexibility index (Phi) is 3.46. The number of rotatable bonds is 3. The van der Waals surface area contributed by atoms with Crippen LogP contribution in [0, 0.1) is 0 Å². The first kappa shape index (κ1) is 9.74. The highest BCUT2D eigenvalue weighted by molar-refractivity contribution is 5.92. The monoisotopic (exact) mass is 178 g/mol. The van der Waals surface area contributed by atoms with Crippen molar-refractivity contribution in [3.8, 4) is 0 Å². The number of benzene rings is 1. The zero-order valence-corrected chi connectivity index (χ0v) is 7.73. The van der Waals surface area contributed by atoms with Crippen LogP contribution >= 0.6 is 0 Å². The van der Waals surface area contributed by atoms with Crippen molar-refractivity contribution in [3.05, 3.63) is 30.3 Å². The van der Waals surface area contributed by atoms with Crippen molar-refractivity contribution in [1.29, 1.82) is 0 Å². The van der Waals surface area contributed by atoms with Gasteiger partial charge < -0.3 is 10.6 Å². The molecule has 1 aromatic rings. The van der Waals surface area contributed by atoms with Gasteiger partial charge in [-0.3, -0.25) is 4.79 Å². The molecule has 3 nitrogen and oxygen atoms in total. The van der Waals surface area contributed by atoms with Gasteiger partial charge in [0, 0.05) is 25.7 Å². The molecule has 0 radical (unpaired) electrons. The van der Waals surface area contributed by atoms with Gasteiger partial charge in [-0.25, -0.2) is 0 Å². The maximum Gasteiger partial charge on any atom is 0.227 e. The SMILES string of the molecule is CN(C(=O)CCN)c1ccccc1. The van der Waals surface area contributed by atoms with Crippen LogP contribution in [0.5, 0.6) is 0 Å². The van der Waals surface area contributed by atoms with E-state index in [9.17, 15) is 4.79 Å². The first-order chi connectivity index (χ1) is 6.25. The van der Waals surface area contributed by atoms with Crippen LogP contribution in [0.1, 0.15) is 6.42 Å². The average Bonchev–Trinajstić information content (AvgIpc) is 2.18. The molecule has 13 heavy (non-hydrogen) atoms. The van der Waals surface area contributed by atoms with Crippen molar-refractivity contribution in [1.82, 2.24) is 0 Å². The highest BCUT2D eigenvalue weighted by atomic mass is 16.2. The lowest BCUT2D eigenvalue weighted by Gasteiger charge is -2.16. The Morgan fingerprint density at radius 3 is 2.54 bits per heavy atom. The lowest BCUT2D eigenvalue weighted by molar-refractivity contribution is -0.118. The molecule has 0 saturated heterocycles. The van der Waals surface area contributed by atoms with Crippen LogP contribution in [0.3, 0.4) is 0 Å². The number of nitrogens with two attached hydrogens (primary N) is 1. The predicted octanol–water partition coefficient (Wildman–Crippen LogP) is 0.998. The molecule has 0 aliphatic rings. The Labute approximate surface area is 78.2 Å². The fourth-order valence-corrected chi connectivity index (χ4v) is 1.09.